The molecule has 1 fully saturated rings. The molecule has 0 radical (unpaired) electrons. The Bertz CT molecular complexity index is 208. The average molecular weight is 280 g/mol. The third-order valence-electron chi connectivity index (χ3n) is 3.01. The van der Waals surface area contributed by atoms with Gasteiger partial charge in [-0.1, -0.05) is 12.8 Å². The van der Waals surface area contributed by atoms with E-state index in [0.717, 1.165) is 39.1 Å². The van der Waals surface area contributed by atoms with Crippen molar-refractivity contribution in [1.82, 2.24) is 4.90 Å². The standard InChI is InChI=1S/C13H25NO3.ClH/c1-2-17-13(15)7-5-3-4-6-8-14-9-11-16-12-10-14;/h2-12H2,1H3;1H. The van der Waals surface area contributed by atoms with Crippen LogP contribution < -0.4 is 0 Å². The normalized spacial score (nSPS) is 16.1. The largest absolute Gasteiger partial charge is 0.466 e. The molecule has 0 aliphatic carbocycles. The molecule has 4 nitrogen and oxygen atoms in total. The quantitative estimate of drug-likeness (QED) is 0.505. The number of carbonyl (C=O) groups is 1. The Balaban J connectivity index is 0.00000289. The van der Waals surface area contributed by atoms with Crippen LogP contribution in [0.1, 0.15) is 39.0 Å². The summed E-state index contributed by atoms with van der Waals surface area (Å²) in [7, 11) is 0. The fourth-order valence-corrected chi connectivity index (χ4v) is 2.02. The summed E-state index contributed by atoms with van der Waals surface area (Å²) in [5.74, 6) is -0.0549. The summed E-state index contributed by atoms with van der Waals surface area (Å²) in [6.45, 7) is 7.41. The van der Waals surface area contributed by atoms with Crippen LogP contribution in [-0.4, -0.2) is 50.3 Å². The zero-order valence-corrected chi connectivity index (χ0v) is 12.2. The second-order valence-electron chi connectivity index (χ2n) is 4.42. The Hall–Kier alpha value is -0.320. The maximum atomic E-state index is 11.1. The molecule has 0 atom stereocenters. The Morgan fingerprint density at radius 2 is 1.83 bits per heavy atom. The lowest BCUT2D eigenvalue weighted by atomic mass is 10.1. The Morgan fingerprint density at radius 1 is 1.17 bits per heavy atom. The third kappa shape index (κ3) is 8.72. The van der Waals surface area contributed by atoms with E-state index in [1.165, 1.54) is 19.4 Å². The third-order valence-corrected chi connectivity index (χ3v) is 3.01. The molecule has 18 heavy (non-hydrogen) atoms. The van der Waals surface area contributed by atoms with Gasteiger partial charge in [-0.15, -0.1) is 12.4 Å². The Labute approximate surface area is 116 Å². The number of ether oxygens (including phenoxy) is 2. The number of esters is 1. The van der Waals surface area contributed by atoms with E-state index in [-0.39, 0.29) is 18.4 Å². The Kier molecular flexibility index (Phi) is 11.5. The minimum absolute atomic E-state index is 0. The van der Waals surface area contributed by atoms with Crippen molar-refractivity contribution in [2.75, 3.05) is 39.5 Å². The van der Waals surface area contributed by atoms with Crippen LogP contribution in [-0.2, 0) is 14.3 Å². The van der Waals surface area contributed by atoms with Crippen LogP contribution in [0.2, 0.25) is 0 Å². The maximum Gasteiger partial charge on any atom is 0.305 e. The monoisotopic (exact) mass is 279 g/mol. The fourth-order valence-electron chi connectivity index (χ4n) is 2.02. The molecule has 0 N–H and O–H groups in total. The predicted molar refractivity (Wildman–Crippen MR) is 74.2 cm³/mol. The first kappa shape index (κ1) is 17.7. The zero-order chi connectivity index (χ0) is 12.3. The van der Waals surface area contributed by atoms with E-state index >= 15 is 0 Å². The van der Waals surface area contributed by atoms with Crippen molar-refractivity contribution in [2.24, 2.45) is 0 Å². The first-order valence-corrected chi connectivity index (χ1v) is 6.78. The number of unbranched alkanes of at least 4 members (excludes halogenated alkanes) is 3. The van der Waals surface area contributed by atoms with Gasteiger partial charge in [-0.05, 0) is 26.3 Å². The molecule has 0 aromatic heterocycles. The highest BCUT2D eigenvalue weighted by molar-refractivity contribution is 5.85. The lowest BCUT2D eigenvalue weighted by molar-refractivity contribution is -0.143. The molecule has 0 aromatic rings. The molecule has 0 spiro atoms. The van der Waals surface area contributed by atoms with Gasteiger partial charge in [0, 0.05) is 19.5 Å². The number of carbonyl (C=O) groups excluding carboxylic acids is 1. The van der Waals surface area contributed by atoms with Crippen molar-refractivity contribution in [3.8, 4) is 0 Å². The van der Waals surface area contributed by atoms with Crippen molar-refractivity contribution in [3.63, 3.8) is 0 Å². The van der Waals surface area contributed by atoms with E-state index in [4.69, 9.17) is 9.47 Å². The number of halogens is 1. The van der Waals surface area contributed by atoms with Gasteiger partial charge in [0.1, 0.15) is 0 Å². The molecule has 0 amide bonds. The number of hydrogen-bond acceptors (Lipinski definition) is 4. The van der Waals surface area contributed by atoms with Crippen LogP contribution in [0.15, 0.2) is 0 Å². The van der Waals surface area contributed by atoms with E-state index < -0.39 is 0 Å². The number of hydrogen-bond donors (Lipinski definition) is 0. The van der Waals surface area contributed by atoms with Crippen LogP contribution in [0, 0.1) is 0 Å². The summed E-state index contributed by atoms with van der Waals surface area (Å²) in [5.41, 5.74) is 0. The molecular weight excluding hydrogens is 254 g/mol. The molecule has 5 heteroatoms. The van der Waals surface area contributed by atoms with E-state index in [2.05, 4.69) is 4.90 Å². The Morgan fingerprint density at radius 3 is 2.50 bits per heavy atom. The molecule has 0 bridgehead atoms. The van der Waals surface area contributed by atoms with Gasteiger partial charge >= 0.3 is 5.97 Å². The van der Waals surface area contributed by atoms with E-state index in [1.807, 2.05) is 6.92 Å². The van der Waals surface area contributed by atoms with Crippen LogP contribution >= 0.6 is 12.4 Å². The van der Waals surface area contributed by atoms with Crippen molar-refractivity contribution in [1.29, 1.82) is 0 Å². The van der Waals surface area contributed by atoms with Gasteiger partial charge in [0.2, 0.25) is 0 Å². The fraction of sp³-hybridized carbons (Fsp3) is 0.923. The van der Waals surface area contributed by atoms with Crippen molar-refractivity contribution >= 4 is 18.4 Å². The lowest BCUT2D eigenvalue weighted by Crippen LogP contribution is -2.36. The van der Waals surface area contributed by atoms with Crippen LogP contribution in [0.3, 0.4) is 0 Å². The highest BCUT2D eigenvalue weighted by Gasteiger charge is 2.09. The van der Waals surface area contributed by atoms with Gasteiger partial charge in [0.15, 0.2) is 0 Å². The number of morpholine rings is 1. The van der Waals surface area contributed by atoms with E-state index in [1.54, 1.807) is 0 Å². The zero-order valence-electron chi connectivity index (χ0n) is 11.4. The molecule has 1 rings (SSSR count). The second-order valence-corrected chi connectivity index (χ2v) is 4.42. The molecule has 0 unspecified atom stereocenters. The van der Waals surface area contributed by atoms with Crippen molar-refractivity contribution in [3.05, 3.63) is 0 Å². The average Bonchev–Trinajstić information content (AvgIpc) is 2.35. The smallest absolute Gasteiger partial charge is 0.305 e. The predicted octanol–water partition coefficient (Wildman–Crippen LogP) is 2.25. The van der Waals surface area contributed by atoms with Gasteiger partial charge in [0.05, 0.1) is 19.8 Å². The highest BCUT2D eigenvalue weighted by Crippen LogP contribution is 2.06. The summed E-state index contributed by atoms with van der Waals surface area (Å²) >= 11 is 0. The molecule has 1 aliphatic heterocycles. The second kappa shape index (κ2) is 11.8. The first-order chi connectivity index (χ1) is 8.33. The van der Waals surface area contributed by atoms with Crippen molar-refractivity contribution < 1.29 is 14.3 Å². The number of rotatable bonds is 8. The van der Waals surface area contributed by atoms with Crippen molar-refractivity contribution in [2.45, 2.75) is 39.0 Å². The molecular formula is C13H26ClNO3. The summed E-state index contributed by atoms with van der Waals surface area (Å²) in [4.78, 5) is 13.5. The van der Waals surface area contributed by atoms with Crippen LogP contribution in [0.4, 0.5) is 0 Å². The molecule has 0 saturated carbocycles. The molecule has 108 valence electrons. The number of nitrogens with zero attached hydrogens (tertiary/aromatic N) is 1. The molecule has 0 aromatic carbocycles. The first-order valence-electron chi connectivity index (χ1n) is 6.78. The SMILES string of the molecule is CCOC(=O)CCCCCCN1CCOCC1.Cl. The lowest BCUT2D eigenvalue weighted by Gasteiger charge is -2.26. The summed E-state index contributed by atoms with van der Waals surface area (Å²) in [6.07, 6.45) is 5.09. The molecule has 1 saturated heterocycles. The maximum absolute atomic E-state index is 11.1. The summed E-state index contributed by atoms with van der Waals surface area (Å²) < 4.78 is 10.2. The molecule has 1 aliphatic rings. The van der Waals surface area contributed by atoms with Crippen LogP contribution in [0.5, 0.6) is 0 Å². The van der Waals surface area contributed by atoms with Gasteiger partial charge in [0.25, 0.3) is 0 Å². The van der Waals surface area contributed by atoms with Crippen LogP contribution in [0.25, 0.3) is 0 Å². The van der Waals surface area contributed by atoms with Gasteiger partial charge < -0.3 is 9.47 Å². The highest BCUT2D eigenvalue weighted by atomic mass is 35.5. The van der Waals surface area contributed by atoms with Gasteiger partial charge in [-0.25, -0.2) is 0 Å². The molecule has 1 heterocycles. The minimum Gasteiger partial charge on any atom is -0.466 e. The van der Waals surface area contributed by atoms with Gasteiger partial charge in [-0.3, -0.25) is 9.69 Å². The topological polar surface area (TPSA) is 38.8 Å². The van der Waals surface area contributed by atoms with E-state index in [0.29, 0.717) is 13.0 Å². The van der Waals surface area contributed by atoms with Gasteiger partial charge in [-0.2, -0.15) is 0 Å². The van der Waals surface area contributed by atoms with E-state index in [9.17, 15) is 4.79 Å². The minimum atomic E-state index is -0.0549. The summed E-state index contributed by atoms with van der Waals surface area (Å²) in [6, 6.07) is 0. The summed E-state index contributed by atoms with van der Waals surface area (Å²) in [5, 5.41) is 0.